The van der Waals surface area contributed by atoms with E-state index in [1.807, 2.05) is 18.4 Å². The van der Waals surface area contributed by atoms with Gasteiger partial charge in [0.05, 0.1) is 11.9 Å². The third-order valence-corrected chi connectivity index (χ3v) is 2.71. The van der Waals surface area contributed by atoms with E-state index in [1.165, 1.54) is 16.1 Å². The average molecular weight is 208 g/mol. The van der Waals surface area contributed by atoms with Crippen LogP contribution >= 0.6 is 11.3 Å². The molecule has 0 aliphatic heterocycles. The van der Waals surface area contributed by atoms with Crippen LogP contribution < -0.4 is 0 Å². The second-order valence-electron chi connectivity index (χ2n) is 2.92. The van der Waals surface area contributed by atoms with Gasteiger partial charge >= 0.3 is 0 Å². The number of carbonyl (C=O) groups is 1. The zero-order valence-corrected chi connectivity index (χ0v) is 8.58. The van der Waals surface area contributed by atoms with Crippen LogP contribution in [0.15, 0.2) is 11.4 Å². The summed E-state index contributed by atoms with van der Waals surface area (Å²) in [7, 11) is 1.63. The number of carbonyl (C=O) groups excluding carboxylic acids is 1. The topological polar surface area (TPSA) is 60.7 Å². The Morgan fingerprint density at radius 2 is 2.36 bits per heavy atom. The molecule has 0 atom stereocenters. The summed E-state index contributed by atoms with van der Waals surface area (Å²) in [6.07, 6.45) is 0. The average Bonchev–Trinajstić information content (AvgIpc) is 2.73. The molecule has 72 valence electrons. The summed E-state index contributed by atoms with van der Waals surface area (Å²) in [6.45, 7) is 1.94. The Morgan fingerprint density at radius 3 is 2.86 bits per heavy atom. The first-order valence-corrected chi connectivity index (χ1v) is 4.88. The molecule has 0 radical (unpaired) electrons. The van der Waals surface area contributed by atoms with Gasteiger partial charge in [0.15, 0.2) is 0 Å². The third kappa shape index (κ3) is 1.56. The van der Waals surface area contributed by atoms with Crippen LogP contribution in [0, 0.1) is 6.92 Å². The van der Waals surface area contributed by atoms with Gasteiger partial charge in [-0.2, -0.15) is 4.80 Å². The maximum absolute atomic E-state index is 11.7. The molecule has 0 aliphatic carbocycles. The number of hydrogen-bond acceptors (Lipinski definition) is 5. The molecule has 2 rings (SSSR count). The van der Waals surface area contributed by atoms with E-state index in [9.17, 15) is 4.79 Å². The maximum atomic E-state index is 11.7. The van der Waals surface area contributed by atoms with Gasteiger partial charge in [-0.25, -0.2) is 0 Å². The summed E-state index contributed by atoms with van der Waals surface area (Å²) in [5.74, 6) is -0.0226. The molecule has 0 spiro atoms. The van der Waals surface area contributed by atoms with Crippen molar-refractivity contribution in [2.75, 3.05) is 0 Å². The van der Waals surface area contributed by atoms with Crippen LogP contribution in [0.2, 0.25) is 0 Å². The van der Waals surface area contributed by atoms with E-state index in [-0.39, 0.29) is 11.6 Å². The Bertz CT molecular complexity index is 431. The minimum atomic E-state index is -0.170. The highest BCUT2D eigenvalue weighted by molar-refractivity contribution is 7.12. The molecule has 0 saturated heterocycles. The summed E-state index contributed by atoms with van der Waals surface area (Å²) in [6, 6.07) is 1.82. The van der Waals surface area contributed by atoms with Gasteiger partial charge in [-0.1, -0.05) is 0 Å². The second-order valence-corrected chi connectivity index (χ2v) is 3.83. The van der Waals surface area contributed by atoms with Crippen LogP contribution in [0.25, 0.3) is 0 Å². The van der Waals surface area contributed by atoms with E-state index in [1.54, 1.807) is 7.05 Å². The van der Waals surface area contributed by atoms with Crippen LogP contribution in [-0.2, 0) is 7.05 Å². The van der Waals surface area contributed by atoms with Gasteiger partial charge < -0.3 is 0 Å². The second kappa shape index (κ2) is 3.30. The molecule has 0 aliphatic rings. The Kier molecular flexibility index (Phi) is 2.12. The normalized spacial score (nSPS) is 10.4. The van der Waals surface area contributed by atoms with Gasteiger partial charge in [0.25, 0.3) is 0 Å². The molecule has 2 heterocycles. The van der Waals surface area contributed by atoms with Crippen molar-refractivity contribution in [1.82, 2.24) is 20.2 Å². The largest absolute Gasteiger partial charge is 0.284 e. The Hall–Kier alpha value is -1.56. The molecule has 0 bridgehead atoms. The van der Waals surface area contributed by atoms with Crippen LogP contribution in [0.5, 0.6) is 0 Å². The molecule has 0 aromatic carbocycles. The van der Waals surface area contributed by atoms with Crippen molar-refractivity contribution in [3.05, 3.63) is 27.7 Å². The van der Waals surface area contributed by atoms with Crippen molar-refractivity contribution in [3.8, 4) is 0 Å². The van der Waals surface area contributed by atoms with E-state index in [2.05, 4.69) is 15.4 Å². The van der Waals surface area contributed by atoms with Gasteiger partial charge in [-0.3, -0.25) is 4.79 Å². The van der Waals surface area contributed by atoms with Crippen LogP contribution in [0.4, 0.5) is 0 Å². The molecule has 0 N–H and O–H groups in total. The molecule has 0 saturated carbocycles. The van der Waals surface area contributed by atoms with Gasteiger partial charge in [0.1, 0.15) is 0 Å². The molecule has 0 unspecified atom stereocenters. The van der Waals surface area contributed by atoms with E-state index in [4.69, 9.17) is 0 Å². The Balaban J connectivity index is 2.33. The maximum Gasteiger partial charge on any atom is 0.246 e. The lowest BCUT2D eigenvalue weighted by molar-refractivity contribution is 0.103. The first kappa shape index (κ1) is 9.01. The van der Waals surface area contributed by atoms with Gasteiger partial charge in [-0.15, -0.1) is 21.5 Å². The Labute approximate surface area is 84.4 Å². The smallest absolute Gasteiger partial charge is 0.246 e. The fraction of sp³-hybridized carbons (Fsp3) is 0.250. The molecular formula is C8H8N4OS. The fourth-order valence-corrected chi connectivity index (χ4v) is 1.87. The molecule has 0 fully saturated rings. The molecular weight excluding hydrogens is 200 g/mol. The zero-order valence-electron chi connectivity index (χ0n) is 7.76. The van der Waals surface area contributed by atoms with Crippen LogP contribution in [-0.4, -0.2) is 26.0 Å². The minimum absolute atomic E-state index is 0.148. The van der Waals surface area contributed by atoms with Crippen molar-refractivity contribution >= 4 is 17.1 Å². The molecule has 6 heteroatoms. The van der Waals surface area contributed by atoms with E-state index in [0.717, 1.165) is 5.56 Å². The number of nitrogens with zero attached hydrogens (tertiary/aromatic N) is 4. The van der Waals surface area contributed by atoms with E-state index >= 15 is 0 Å². The van der Waals surface area contributed by atoms with Crippen LogP contribution in [0.1, 0.15) is 21.1 Å². The minimum Gasteiger partial charge on any atom is -0.284 e. The van der Waals surface area contributed by atoms with Crippen molar-refractivity contribution in [3.63, 3.8) is 0 Å². The third-order valence-electron chi connectivity index (χ3n) is 1.67. The standard InChI is InChI=1S/C8H8N4OS/c1-5-3-6(14-4-5)7(13)8-9-11-12(2)10-8/h3-4H,1-2H3. The van der Waals surface area contributed by atoms with Gasteiger partial charge in [0.2, 0.25) is 11.6 Å². The highest BCUT2D eigenvalue weighted by atomic mass is 32.1. The molecule has 2 aromatic heterocycles. The Morgan fingerprint density at radius 1 is 1.57 bits per heavy atom. The first-order chi connectivity index (χ1) is 6.66. The van der Waals surface area contributed by atoms with Crippen molar-refractivity contribution < 1.29 is 4.79 Å². The predicted octanol–water partition coefficient (Wildman–Crippen LogP) is 0.811. The highest BCUT2D eigenvalue weighted by Crippen LogP contribution is 2.15. The van der Waals surface area contributed by atoms with Gasteiger partial charge in [-0.05, 0) is 29.1 Å². The quantitative estimate of drug-likeness (QED) is 0.685. The lowest BCUT2D eigenvalue weighted by atomic mass is 10.2. The van der Waals surface area contributed by atoms with Crippen molar-refractivity contribution in [2.24, 2.45) is 7.05 Å². The number of hydrogen-bond donors (Lipinski definition) is 0. The van der Waals surface area contributed by atoms with Crippen molar-refractivity contribution in [1.29, 1.82) is 0 Å². The monoisotopic (exact) mass is 208 g/mol. The number of thiophene rings is 1. The SMILES string of the molecule is Cc1csc(C(=O)c2nnn(C)n2)c1. The predicted molar refractivity (Wildman–Crippen MR) is 51.3 cm³/mol. The van der Waals surface area contributed by atoms with Crippen molar-refractivity contribution in [2.45, 2.75) is 6.92 Å². The summed E-state index contributed by atoms with van der Waals surface area (Å²) >= 11 is 1.40. The molecule has 2 aromatic rings. The molecule has 5 nitrogen and oxygen atoms in total. The van der Waals surface area contributed by atoms with E-state index in [0.29, 0.717) is 4.88 Å². The molecule has 14 heavy (non-hydrogen) atoms. The molecule has 0 amide bonds. The summed E-state index contributed by atoms with van der Waals surface area (Å²) in [4.78, 5) is 13.6. The summed E-state index contributed by atoms with van der Waals surface area (Å²) in [5, 5.41) is 13.0. The summed E-state index contributed by atoms with van der Waals surface area (Å²) in [5.41, 5.74) is 1.07. The summed E-state index contributed by atoms with van der Waals surface area (Å²) < 4.78 is 0. The van der Waals surface area contributed by atoms with Gasteiger partial charge in [0, 0.05) is 0 Å². The van der Waals surface area contributed by atoms with E-state index < -0.39 is 0 Å². The number of tetrazole rings is 1. The number of aryl methyl sites for hydroxylation is 2. The lowest BCUT2D eigenvalue weighted by Crippen LogP contribution is -2.02. The van der Waals surface area contributed by atoms with Crippen LogP contribution in [0.3, 0.4) is 0 Å². The fourth-order valence-electron chi connectivity index (χ4n) is 1.04. The lowest BCUT2D eigenvalue weighted by Gasteiger charge is -1.87. The highest BCUT2D eigenvalue weighted by Gasteiger charge is 2.15. The number of aromatic nitrogens is 4. The zero-order chi connectivity index (χ0) is 10.1. The number of ketones is 1. The number of rotatable bonds is 2. The first-order valence-electron chi connectivity index (χ1n) is 4.00.